The SMILES string of the molecule is NCC(=O)Oc1cc(C(F)(F)F)cc(C(F)(F)F)c1. The summed E-state index contributed by atoms with van der Waals surface area (Å²) in [6.07, 6.45) is -9.99. The predicted molar refractivity (Wildman–Crippen MR) is 51.1 cm³/mol. The number of carbonyl (C=O) groups excluding carboxylic acids is 1. The van der Waals surface area contributed by atoms with Crippen molar-refractivity contribution in [2.75, 3.05) is 6.54 Å². The third-order valence-corrected chi connectivity index (χ3v) is 1.96. The molecule has 0 atom stereocenters. The van der Waals surface area contributed by atoms with E-state index in [1.807, 2.05) is 0 Å². The minimum Gasteiger partial charge on any atom is -0.426 e. The lowest BCUT2D eigenvalue weighted by Gasteiger charge is -2.13. The van der Waals surface area contributed by atoms with Gasteiger partial charge in [0.2, 0.25) is 0 Å². The van der Waals surface area contributed by atoms with Gasteiger partial charge in [0.1, 0.15) is 5.75 Å². The summed E-state index contributed by atoms with van der Waals surface area (Å²) in [5.74, 6) is -2.01. The molecular weight excluding hydrogens is 280 g/mol. The zero-order chi connectivity index (χ0) is 14.8. The van der Waals surface area contributed by atoms with E-state index >= 15 is 0 Å². The molecule has 0 bridgehead atoms. The zero-order valence-electron chi connectivity index (χ0n) is 9.10. The lowest BCUT2D eigenvalue weighted by Crippen LogP contribution is -2.20. The Morgan fingerprint density at radius 1 is 1.00 bits per heavy atom. The monoisotopic (exact) mass is 287 g/mol. The first kappa shape index (κ1) is 15.3. The molecule has 0 aromatic heterocycles. The molecule has 2 N–H and O–H groups in total. The number of ether oxygens (including phenoxy) is 1. The highest BCUT2D eigenvalue weighted by Gasteiger charge is 2.37. The van der Waals surface area contributed by atoms with Gasteiger partial charge in [-0.1, -0.05) is 0 Å². The second kappa shape index (κ2) is 5.08. The molecule has 0 saturated heterocycles. The molecule has 0 aliphatic rings. The molecule has 9 heteroatoms. The first-order valence-electron chi connectivity index (χ1n) is 4.74. The number of hydrogen-bond donors (Lipinski definition) is 1. The normalized spacial score (nSPS) is 12.4. The van der Waals surface area contributed by atoms with Crippen LogP contribution in [0.5, 0.6) is 5.75 Å². The van der Waals surface area contributed by atoms with Gasteiger partial charge >= 0.3 is 18.3 Å². The van der Waals surface area contributed by atoms with Gasteiger partial charge < -0.3 is 10.5 Å². The second-order valence-electron chi connectivity index (χ2n) is 3.42. The molecule has 0 heterocycles. The molecule has 0 aliphatic heterocycles. The topological polar surface area (TPSA) is 52.3 Å². The average molecular weight is 287 g/mol. The maximum absolute atomic E-state index is 12.4. The van der Waals surface area contributed by atoms with Crippen molar-refractivity contribution in [3.8, 4) is 5.75 Å². The average Bonchev–Trinajstić information content (AvgIpc) is 2.26. The molecule has 0 spiro atoms. The molecule has 19 heavy (non-hydrogen) atoms. The van der Waals surface area contributed by atoms with Gasteiger partial charge in [0, 0.05) is 0 Å². The van der Waals surface area contributed by atoms with Crippen molar-refractivity contribution in [3.63, 3.8) is 0 Å². The Balaban J connectivity index is 3.29. The van der Waals surface area contributed by atoms with Gasteiger partial charge in [-0.25, -0.2) is 0 Å². The molecule has 0 fully saturated rings. The Bertz CT molecular complexity index is 448. The number of benzene rings is 1. The molecule has 0 radical (unpaired) electrons. The fraction of sp³-hybridized carbons (Fsp3) is 0.300. The molecule has 1 aromatic rings. The van der Waals surface area contributed by atoms with Crippen LogP contribution in [0.15, 0.2) is 18.2 Å². The van der Waals surface area contributed by atoms with E-state index < -0.39 is 41.7 Å². The maximum atomic E-state index is 12.4. The summed E-state index contributed by atoms with van der Waals surface area (Å²) in [7, 11) is 0. The van der Waals surface area contributed by atoms with E-state index in [9.17, 15) is 31.1 Å². The molecule has 0 saturated carbocycles. The zero-order valence-corrected chi connectivity index (χ0v) is 9.10. The smallest absolute Gasteiger partial charge is 0.416 e. The maximum Gasteiger partial charge on any atom is 0.416 e. The summed E-state index contributed by atoms with van der Waals surface area (Å²) in [5.41, 5.74) is 1.71. The minimum absolute atomic E-state index is 0.0697. The fourth-order valence-electron chi connectivity index (χ4n) is 1.16. The van der Waals surface area contributed by atoms with Crippen molar-refractivity contribution in [3.05, 3.63) is 29.3 Å². The molecule has 1 aromatic carbocycles. The van der Waals surface area contributed by atoms with Crippen molar-refractivity contribution >= 4 is 5.97 Å². The summed E-state index contributed by atoms with van der Waals surface area (Å²) < 4.78 is 78.8. The van der Waals surface area contributed by atoms with E-state index in [1.165, 1.54) is 0 Å². The highest BCUT2D eigenvalue weighted by molar-refractivity contribution is 5.74. The third kappa shape index (κ3) is 4.12. The highest BCUT2D eigenvalue weighted by atomic mass is 19.4. The number of hydrogen-bond acceptors (Lipinski definition) is 3. The Morgan fingerprint density at radius 3 is 1.74 bits per heavy atom. The number of nitrogens with two attached hydrogens (primary N) is 1. The Hall–Kier alpha value is -1.77. The van der Waals surface area contributed by atoms with Gasteiger partial charge in [-0.15, -0.1) is 0 Å². The largest absolute Gasteiger partial charge is 0.426 e. The van der Waals surface area contributed by atoms with Gasteiger partial charge in [-0.3, -0.25) is 4.79 Å². The number of esters is 1. The Kier molecular flexibility index (Phi) is 4.09. The van der Waals surface area contributed by atoms with Crippen molar-refractivity contribution in [1.29, 1.82) is 0 Å². The predicted octanol–water partition coefficient (Wildman–Crippen LogP) is 2.59. The molecule has 1 rings (SSSR count). The molecule has 3 nitrogen and oxygen atoms in total. The van der Waals surface area contributed by atoms with Crippen LogP contribution in [0.3, 0.4) is 0 Å². The van der Waals surface area contributed by atoms with E-state index in [4.69, 9.17) is 5.73 Å². The summed E-state index contributed by atoms with van der Waals surface area (Å²) >= 11 is 0. The van der Waals surface area contributed by atoms with Gasteiger partial charge in [0.25, 0.3) is 0 Å². The molecule has 0 aliphatic carbocycles. The van der Waals surface area contributed by atoms with Crippen LogP contribution in [0, 0.1) is 0 Å². The van der Waals surface area contributed by atoms with Crippen LogP contribution in [-0.4, -0.2) is 12.5 Å². The summed E-state index contributed by atoms with van der Waals surface area (Å²) in [6.45, 7) is -0.669. The quantitative estimate of drug-likeness (QED) is 0.517. The van der Waals surface area contributed by atoms with E-state index in [-0.39, 0.29) is 6.07 Å². The number of alkyl halides is 6. The first-order chi connectivity index (χ1) is 8.54. The lowest BCUT2D eigenvalue weighted by atomic mass is 10.1. The molecule has 0 amide bonds. The van der Waals surface area contributed by atoms with Crippen LogP contribution in [0.4, 0.5) is 26.3 Å². The van der Waals surface area contributed by atoms with Gasteiger partial charge in [0.05, 0.1) is 17.7 Å². The van der Waals surface area contributed by atoms with Gasteiger partial charge in [-0.05, 0) is 18.2 Å². The molecule has 106 valence electrons. The van der Waals surface area contributed by atoms with Crippen molar-refractivity contribution in [2.45, 2.75) is 12.4 Å². The second-order valence-corrected chi connectivity index (χ2v) is 3.42. The Morgan fingerprint density at radius 2 is 1.42 bits per heavy atom. The van der Waals surface area contributed by atoms with Crippen molar-refractivity contribution in [2.24, 2.45) is 5.73 Å². The van der Waals surface area contributed by atoms with E-state index in [1.54, 1.807) is 0 Å². The molecular formula is C10H7F6NO2. The van der Waals surface area contributed by atoms with E-state index in [2.05, 4.69) is 4.74 Å². The number of halogens is 6. The van der Waals surface area contributed by atoms with Crippen LogP contribution in [0.1, 0.15) is 11.1 Å². The molecule has 0 unspecified atom stereocenters. The van der Waals surface area contributed by atoms with E-state index in [0.29, 0.717) is 12.1 Å². The van der Waals surface area contributed by atoms with Crippen LogP contribution in [0.25, 0.3) is 0 Å². The summed E-state index contributed by atoms with van der Waals surface area (Å²) in [6, 6.07) is 0.519. The lowest BCUT2D eigenvalue weighted by molar-refractivity contribution is -0.144. The first-order valence-corrected chi connectivity index (χ1v) is 4.74. The third-order valence-electron chi connectivity index (χ3n) is 1.96. The summed E-state index contributed by atoms with van der Waals surface area (Å²) in [5, 5.41) is 0. The van der Waals surface area contributed by atoms with Crippen LogP contribution in [0.2, 0.25) is 0 Å². The standard InChI is InChI=1S/C10H7F6NO2/c11-9(12,13)5-1-6(10(14,15)16)3-7(2-5)19-8(18)4-17/h1-3H,4,17H2. The van der Waals surface area contributed by atoms with Crippen LogP contribution >= 0.6 is 0 Å². The van der Waals surface area contributed by atoms with Crippen molar-refractivity contribution in [1.82, 2.24) is 0 Å². The van der Waals surface area contributed by atoms with Crippen molar-refractivity contribution < 1.29 is 35.9 Å². The number of rotatable bonds is 2. The Labute approximate surface area is 102 Å². The summed E-state index contributed by atoms with van der Waals surface area (Å²) in [4.78, 5) is 10.8. The van der Waals surface area contributed by atoms with Crippen LogP contribution < -0.4 is 10.5 Å². The van der Waals surface area contributed by atoms with Crippen LogP contribution in [-0.2, 0) is 17.1 Å². The van der Waals surface area contributed by atoms with Gasteiger partial charge in [-0.2, -0.15) is 26.3 Å². The van der Waals surface area contributed by atoms with E-state index in [0.717, 1.165) is 0 Å². The highest BCUT2D eigenvalue weighted by Crippen LogP contribution is 2.38. The minimum atomic E-state index is -4.99. The fourth-order valence-corrected chi connectivity index (χ4v) is 1.16. The number of carbonyl (C=O) groups is 1. The van der Waals surface area contributed by atoms with Gasteiger partial charge in [0.15, 0.2) is 0 Å².